The van der Waals surface area contributed by atoms with Crippen LogP contribution in [-0.4, -0.2) is 39.4 Å². The average Bonchev–Trinajstić information content (AvgIpc) is 3.12. The number of rotatable bonds is 8. The number of ether oxygens (including phenoxy) is 1. The maximum atomic E-state index is 13.4. The topological polar surface area (TPSA) is 66.1 Å². The van der Waals surface area contributed by atoms with E-state index in [1.807, 2.05) is 69.3 Å². The number of ketones is 1. The molecule has 0 bridgehead atoms. The Morgan fingerprint density at radius 1 is 1.09 bits per heavy atom. The minimum Gasteiger partial charge on any atom is -0.383 e. The van der Waals surface area contributed by atoms with Crippen LogP contribution in [0.15, 0.2) is 64.5 Å². The van der Waals surface area contributed by atoms with E-state index in [1.165, 1.54) is 11.8 Å². The Labute approximate surface area is 203 Å². The lowest BCUT2D eigenvalue weighted by atomic mass is 10.2. The quantitative estimate of drug-likeness (QED) is 0.197. The molecule has 0 spiro atoms. The van der Waals surface area contributed by atoms with Gasteiger partial charge in [-0.2, -0.15) is 0 Å². The molecular weight excluding hydrogens is 446 g/mol. The molecule has 7 heteroatoms. The van der Waals surface area contributed by atoms with Gasteiger partial charge in [-0.1, -0.05) is 41.6 Å². The van der Waals surface area contributed by atoms with Crippen molar-refractivity contribution in [2.75, 3.05) is 19.5 Å². The Morgan fingerprint density at radius 3 is 2.50 bits per heavy atom. The number of carbonyl (C=O) groups excluding carboxylic acids is 1. The third-order valence-corrected chi connectivity index (χ3v) is 6.94. The van der Waals surface area contributed by atoms with Crippen molar-refractivity contribution in [3.8, 4) is 5.69 Å². The van der Waals surface area contributed by atoms with Gasteiger partial charge in [0, 0.05) is 24.1 Å². The largest absolute Gasteiger partial charge is 0.383 e. The van der Waals surface area contributed by atoms with Crippen LogP contribution in [0.1, 0.15) is 40.3 Å². The van der Waals surface area contributed by atoms with Gasteiger partial charge in [-0.3, -0.25) is 14.2 Å². The summed E-state index contributed by atoms with van der Waals surface area (Å²) in [6.07, 6.45) is 0. The predicted molar refractivity (Wildman–Crippen MR) is 138 cm³/mol. The van der Waals surface area contributed by atoms with Crippen LogP contribution in [0.4, 0.5) is 0 Å². The molecule has 4 aromatic rings. The van der Waals surface area contributed by atoms with Crippen LogP contribution < -0.4 is 5.56 Å². The van der Waals surface area contributed by atoms with Crippen molar-refractivity contribution in [3.05, 3.63) is 87.5 Å². The van der Waals surface area contributed by atoms with Crippen LogP contribution in [-0.2, 0) is 4.74 Å². The Hall–Kier alpha value is -3.16. The predicted octanol–water partition coefficient (Wildman–Crippen LogP) is 5.29. The van der Waals surface area contributed by atoms with Gasteiger partial charge in [0.1, 0.15) is 0 Å². The highest BCUT2D eigenvalue weighted by Crippen LogP contribution is 2.26. The van der Waals surface area contributed by atoms with Gasteiger partial charge in [0.25, 0.3) is 5.56 Å². The molecule has 2 aromatic carbocycles. The van der Waals surface area contributed by atoms with Crippen molar-refractivity contribution in [1.29, 1.82) is 0 Å². The lowest BCUT2D eigenvalue weighted by Crippen LogP contribution is -2.22. The Kier molecular flexibility index (Phi) is 7.05. The van der Waals surface area contributed by atoms with Gasteiger partial charge in [0.2, 0.25) is 0 Å². The zero-order valence-corrected chi connectivity index (χ0v) is 21.0. The number of aryl methyl sites for hydroxylation is 2. The van der Waals surface area contributed by atoms with Gasteiger partial charge < -0.3 is 9.30 Å². The highest BCUT2D eigenvalue weighted by molar-refractivity contribution is 7.99. The highest BCUT2D eigenvalue weighted by Gasteiger charge is 2.20. The molecule has 0 radical (unpaired) electrons. The number of thioether (sulfide) groups is 1. The van der Waals surface area contributed by atoms with Gasteiger partial charge in [-0.25, -0.2) is 4.98 Å². The molecular formula is C27H29N3O3S. The zero-order valence-electron chi connectivity index (χ0n) is 20.2. The molecule has 176 valence electrons. The van der Waals surface area contributed by atoms with Gasteiger partial charge in [0.05, 0.1) is 35.0 Å². The number of para-hydroxylation sites is 1. The molecule has 0 amide bonds. The molecule has 4 rings (SSSR count). The smallest absolute Gasteiger partial charge is 0.266 e. The highest BCUT2D eigenvalue weighted by atomic mass is 32.2. The molecule has 6 nitrogen and oxygen atoms in total. The van der Waals surface area contributed by atoms with Crippen molar-refractivity contribution in [3.63, 3.8) is 0 Å². The van der Waals surface area contributed by atoms with Crippen LogP contribution in [0.2, 0.25) is 0 Å². The number of aromatic nitrogens is 3. The summed E-state index contributed by atoms with van der Waals surface area (Å²) in [5.41, 5.74) is 4.96. The van der Waals surface area contributed by atoms with Crippen LogP contribution >= 0.6 is 11.8 Å². The van der Waals surface area contributed by atoms with Crippen molar-refractivity contribution >= 4 is 28.4 Å². The van der Waals surface area contributed by atoms with E-state index in [4.69, 9.17) is 9.72 Å². The van der Waals surface area contributed by atoms with Crippen molar-refractivity contribution in [1.82, 2.24) is 14.1 Å². The maximum Gasteiger partial charge on any atom is 0.266 e. The Morgan fingerprint density at radius 2 is 1.79 bits per heavy atom. The van der Waals surface area contributed by atoms with E-state index < -0.39 is 0 Å². The SMILES string of the molecule is COCC(C)n1c(C)cc(C(=O)CSc2nc3ccccc3c(=O)n2-c2ccc(C)cc2)c1C. The molecule has 2 aromatic heterocycles. The minimum atomic E-state index is -0.143. The monoisotopic (exact) mass is 475 g/mol. The number of nitrogens with zero attached hydrogens (tertiary/aromatic N) is 3. The summed E-state index contributed by atoms with van der Waals surface area (Å²) in [4.78, 5) is 31.4. The summed E-state index contributed by atoms with van der Waals surface area (Å²) in [5.74, 6) is 0.186. The van der Waals surface area contributed by atoms with Crippen molar-refractivity contribution in [2.45, 2.75) is 38.9 Å². The van der Waals surface area contributed by atoms with Crippen LogP contribution in [0, 0.1) is 20.8 Å². The molecule has 0 aliphatic carbocycles. The van der Waals surface area contributed by atoms with Gasteiger partial charge in [-0.15, -0.1) is 0 Å². The second-order valence-corrected chi connectivity index (χ2v) is 9.50. The Bertz CT molecular complexity index is 1400. The molecule has 0 aliphatic heterocycles. The Balaban J connectivity index is 1.70. The number of fused-ring (bicyclic) bond motifs is 1. The van der Waals surface area contributed by atoms with Gasteiger partial charge >= 0.3 is 0 Å². The summed E-state index contributed by atoms with van der Waals surface area (Å²) in [6, 6.07) is 17.1. The van der Waals surface area contributed by atoms with Crippen molar-refractivity contribution in [2.24, 2.45) is 0 Å². The van der Waals surface area contributed by atoms with Gasteiger partial charge in [0.15, 0.2) is 10.9 Å². The zero-order chi connectivity index (χ0) is 24.4. The first kappa shape index (κ1) is 24.0. The molecule has 0 N–H and O–H groups in total. The number of Topliss-reactive ketones (excluding diaryl/α,β-unsaturated/α-hetero) is 1. The normalized spacial score (nSPS) is 12.3. The van der Waals surface area contributed by atoms with E-state index in [2.05, 4.69) is 11.5 Å². The molecule has 0 saturated carbocycles. The average molecular weight is 476 g/mol. The molecule has 34 heavy (non-hydrogen) atoms. The fourth-order valence-electron chi connectivity index (χ4n) is 4.39. The molecule has 0 fully saturated rings. The van der Waals surface area contributed by atoms with Crippen LogP contribution in [0.3, 0.4) is 0 Å². The van der Waals surface area contributed by atoms with E-state index in [1.54, 1.807) is 17.7 Å². The first-order valence-electron chi connectivity index (χ1n) is 11.2. The third-order valence-electron chi connectivity index (χ3n) is 6.00. The number of benzene rings is 2. The second-order valence-electron chi connectivity index (χ2n) is 8.56. The van der Waals surface area contributed by atoms with Crippen LogP contribution in [0.5, 0.6) is 0 Å². The third kappa shape index (κ3) is 4.58. The molecule has 0 saturated heterocycles. The first-order valence-corrected chi connectivity index (χ1v) is 12.2. The lowest BCUT2D eigenvalue weighted by Gasteiger charge is -2.17. The standard InChI is InChI=1S/C27H29N3O3S/c1-17-10-12-21(13-11-17)30-26(32)22-8-6-7-9-24(22)28-27(30)34-16-25(31)23-14-18(2)29(20(23)4)19(3)15-33-5/h6-14,19H,15-16H2,1-5H3. The number of hydrogen-bond donors (Lipinski definition) is 0. The van der Waals surface area contributed by atoms with E-state index in [9.17, 15) is 9.59 Å². The van der Waals surface area contributed by atoms with E-state index in [0.717, 1.165) is 22.6 Å². The van der Waals surface area contributed by atoms with E-state index in [0.29, 0.717) is 28.2 Å². The number of methoxy groups -OCH3 is 1. The molecule has 2 heterocycles. The number of carbonyl (C=O) groups is 1. The maximum absolute atomic E-state index is 13.4. The first-order chi connectivity index (χ1) is 16.3. The summed E-state index contributed by atoms with van der Waals surface area (Å²) < 4.78 is 9.04. The molecule has 0 aliphatic rings. The lowest BCUT2D eigenvalue weighted by molar-refractivity contribution is 0.102. The van der Waals surface area contributed by atoms with Crippen LogP contribution in [0.25, 0.3) is 16.6 Å². The van der Waals surface area contributed by atoms with E-state index >= 15 is 0 Å². The summed E-state index contributed by atoms with van der Waals surface area (Å²) in [6.45, 7) is 8.62. The fraction of sp³-hybridized carbons (Fsp3) is 0.296. The summed E-state index contributed by atoms with van der Waals surface area (Å²) >= 11 is 1.29. The second kappa shape index (κ2) is 9.99. The van der Waals surface area contributed by atoms with Gasteiger partial charge in [-0.05, 0) is 58.0 Å². The molecule has 1 unspecified atom stereocenters. The summed E-state index contributed by atoms with van der Waals surface area (Å²) in [7, 11) is 1.68. The van der Waals surface area contributed by atoms with E-state index in [-0.39, 0.29) is 23.1 Å². The fourth-order valence-corrected chi connectivity index (χ4v) is 5.29. The summed E-state index contributed by atoms with van der Waals surface area (Å²) in [5, 5.41) is 1.05. The number of hydrogen-bond acceptors (Lipinski definition) is 5. The minimum absolute atomic E-state index is 0.00632. The van der Waals surface area contributed by atoms with Crippen molar-refractivity contribution < 1.29 is 9.53 Å². The molecule has 1 atom stereocenters.